The number of aryl methyl sites for hydroxylation is 1. The monoisotopic (exact) mass is 421 g/mol. The van der Waals surface area contributed by atoms with Crippen molar-refractivity contribution >= 4 is 28.0 Å². The van der Waals surface area contributed by atoms with Crippen LogP contribution in [0.15, 0.2) is 56.5 Å². The molecule has 152 valence electrons. The van der Waals surface area contributed by atoms with Gasteiger partial charge in [-0.15, -0.1) is 10.2 Å². The van der Waals surface area contributed by atoms with Crippen molar-refractivity contribution < 1.29 is 9.21 Å². The number of likely N-dealkylation sites (tertiary alicyclic amines) is 1. The topological polar surface area (TPSA) is 94.1 Å². The zero-order valence-electron chi connectivity index (χ0n) is 16.1. The number of carbonyl (C=O) groups excluding carboxylic acids is 1. The fourth-order valence-corrected chi connectivity index (χ4v) is 4.46. The van der Waals surface area contributed by atoms with Crippen LogP contribution in [0.1, 0.15) is 31.2 Å². The minimum Gasteiger partial charge on any atom is -0.418 e. The number of hydrogen-bond donors (Lipinski definition) is 0. The van der Waals surface area contributed by atoms with E-state index in [1.807, 2.05) is 35.0 Å². The highest BCUT2D eigenvalue weighted by Crippen LogP contribution is 2.33. The lowest BCUT2D eigenvalue weighted by Crippen LogP contribution is -2.33. The molecule has 8 nitrogen and oxygen atoms in total. The molecular formula is C21H19N5O3S. The second-order valence-corrected chi connectivity index (χ2v) is 7.99. The Balaban J connectivity index is 1.30. The third-order valence-electron chi connectivity index (χ3n) is 5.37. The predicted octanol–water partition coefficient (Wildman–Crippen LogP) is 3.26. The molecule has 0 spiro atoms. The first-order chi connectivity index (χ1) is 14.7. The maximum absolute atomic E-state index is 12.9. The molecule has 4 heterocycles. The molecule has 1 atom stereocenters. The van der Waals surface area contributed by atoms with Gasteiger partial charge in [-0.25, -0.2) is 4.68 Å². The lowest BCUT2D eigenvalue weighted by molar-refractivity contribution is -0.132. The Morgan fingerprint density at radius 2 is 2.13 bits per heavy atom. The summed E-state index contributed by atoms with van der Waals surface area (Å²) >= 11 is 1.56. The molecule has 1 aliphatic heterocycles. The summed E-state index contributed by atoms with van der Waals surface area (Å²) in [5.74, 6) is 0.884. The van der Waals surface area contributed by atoms with Gasteiger partial charge < -0.3 is 9.32 Å². The Morgan fingerprint density at radius 3 is 3.00 bits per heavy atom. The van der Waals surface area contributed by atoms with Gasteiger partial charge in [0.1, 0.15) is 6.04 Å². The lowest BCUT2D eigenvalue weighted by Gasteiger charge is -2.22. The molecule has 0 radical (unpaired) electrons. The maximum Gasteiger partial charge on any atom is 0.274 e. The Bertz CT molecular complexity index is 1250. The van der Waals surface area contributed by atoms with Gasteiger partial charge in [-0.05, 0) is 30.4 Å². The second kappa shape index (κ2) is 7.83. The van der Waals surface area contributed by atoms with Gasteiger partial charge in [0.15, 0.2) is 0 Å². The average molecular weight is 421 g/mol. The fourth-order valence-electron chi connectivity index (χ4n) is 3.83. The molecule has 0 saturated carbocycles. The van der Waals surface area contributed by atoms with E-state index in [-0.39, 0.29) is 30.5 Å². The van der Waals surface area contributed by atoms with E-state index < -0.39 is 0 Å². The highest BCUT2D eigenvalue weighted by molar-refractivity contribution is 7.08. The van der Waals surface area contributed by atoms with E-state index in [9.17, 15) is 9.59 Å². The molecule has 1 aliphatic rings. The number of rotatable bonds is 5. The summed E-state index contributed by atoms with van der Waals surface area (Å²) in [7, 11) is 0. The van der Waals surface area contributed by atoms with Crippen molar-refractivity contribution in [3.63, 3.8) is 0 Å². The van der Waals surface area contributed by atoms with E-state index in [1.165, 1.54) is 4.68 Å². The zero-order valence-corrected chi connectivity index (χ0v) is 16.9. The molecule has 1 unspecified atom stereocenters. The highest BCUT2D eigenvalue weighted by atomic mass is 32.1. The number of amides is 1. The first kappa shape index (κ1) is 18.7. The average Bonchev–Trinajstić information content (AvgIpc) is 3.54. The molecule has 3 aromatic heterocycles. The summed E-state index contributed by atoms with van der Waals surface area (Å²) in [6, 6.07) is 9.01. The first-order valence-corrected chi connectivity index (χ1v) is 10.8. The molecule has 9 heteroatoms. The van der Waals surface area contributed by atoms with Crippen molar-refractivity contribution in [2.45, 2.75) is 31.8 Å². The summed E-state index contributed by atoms with van der Waals surface area (Å²) < 4.78 is 7.20. The fraction of sp³-hybridized carbons (Fsp3) is 0.286. The zero-order chi connectivity index (χ0) is 20.5. The van der Waals surface area contributed by atoms with Crippen LogP contribution in [0.2, 0.25) is 0 Å². The summed E-state index contributed by atoms with van der Waals surface area (Å²) in [5, 5.41) is 17.8. The van der Waals surface area contributed by atoms with E-state index in [1.54, 1.807) is 28.5 Å². The number of benzene rings is 1. The molecule has 0 bridgehead atoms. The second-order valence-electron chi connectivity index (χ2n) is 7.21. The van der Waals surface area contributed by atoms with Gasteiger partial charge in [0, 0.05) is 29.3 Å². The van der Waals surface area contributed by atoms with Gasteiger partial charge in [-0.1, -0.05) is 18.2 Å². The van der Waals surface area contributed by atoms with Crippen LogP contribution >= 0.6 is 11.3 Å². The van der Waals surface area contributed by atoms with Gasteiger partial charge in [0.25, 0.3) is 5.56 Å². The molecule has 1 saturated heterocycles. The largest absolute Gasteiger partial charge is 0.418 e. The number of fused-ring (bicyclic) bond motifs is 1. The van der Waals surface area contributed by atoms with Crippen LogP contribution in [0.3, 0.4) is 0 Å². The summed E-state index contributed by atoms with van der Waals surface area (Å²) in [4.78, 5) is 27.3. The van der Waals surface area contributed by atoms with Crippen molar-refractivity contribution in [1.29, 1.82) is 0 Å². The minimum atomic E-state index is -0.223. The van der Waals surface area contributed by atoms with Gasteiger partial charge in [0.05, 0.1) is 18.1 Å². The van der Waals surface area contributed by atoms with Crippen molar-refractivity contribution in [1.82, 2.24) is 24.9 Å². The Labute approximate surface area is 175 Å². The summed E-state index contributed by atoms with van der Waals surface area (Å²) in [6.45, 7) is 0.870. The molecule has 1 aromatic carbocycles. The Kier molecular flexibility index (Phi) is 4.88. The molecule has 30 heavy (non-hydrogen) atoms. The lowest BCUT2D eigenvalue weighted by atomic mass is 10.2. The normalized spacial score (nSPS) is 16.4. The molecule has 1 fully saturated rings. The Morgan fingerprint density at radius 1 is 1.23 bits per heavy atom. The number of thiophene rings is 1. The number of aromatic nitrogens is 4. The van der Waals surface area contributed by atoms with E-state index in [4.69, 9.17) is 4.42 Å². The predicted molar refractivity (Wildman–Crippen MR) is 112 cm³/mol. The number of nitrogens with zero attached hydrogens (tertiary/aromatic N) is 5. The molecule has 1 amide bonds. The van der Waals surface area contributed by atoms with Crippen molar-refractivity contribution in [3.8, 4) is 11.5 Å². The van der Waals surface area contributed by atoms with Gasteiger partial charge in [-0.3, -0.25) is 9.59 Å². The van der Waals surface area contributed by atoms with Crippen LogP contribution in [0.5, 0.6) is 0 Å². The smallest absolute Gasteiger partial charge is 0.274 e. The van der Waals surface area contributed by atoms with E-state index in [0.29, 0.717) is 23.7 Å². The van der Waals surface area contributed by atoms with Gasteiger partial charge in [0.2, 0.25) is 17.7 Å². The standard InChI is InChI=1S/C21H19N5O3S/c27-18(7-10-26-21(28)16-5-2-1-4-14(16)12-22-26)25-9-3-6-17(25)20-24-23-19(29-20)15-8-11-30-13-15/h1-2,4-5,8,11-13,17H,3,6-7,9-10H2. The third-order valence-corrected chi connectivity index (χ3v) is 6.05. The quantitative estimate of drug-likeness (QED) is 0.491. The molecule has 4 aromatic rings. The van der Waals surface area contributed by atoms with Crippen LogP contribution in [-0.2, 0) is 11.3 Å². The van der Waals surface area contributed by atoms with Crippen LogP contribution in [0.25, 0.3) is 22.2 Å². The van der Waals surface area contributed by atoms with Crippen LogP contribution < -0.4 is 5.56 Å². The SMILES string of the molecule is O=C(CCn1ncc2ccccc2c1=O)N1CCCC1c1nnc(-c2ccsc2)o1. The van der Waals surface area contributed by atoms with Crippen LogP contribution in [0, 0.1) is 0 Å². The first-order valence-electron chi connectivity index (χ1n) is 9.81. The maximum atomic E-state index is 12.9. The molecule has 5 rings (SSSR count). The van der Waals surface area contributed by atoms with Crippen molar-refractivity contribution in [2.75, 3.05) is 6.54 Å². The molecule has 0 N–H and O–H groups in total. The van der Waals surface area contributed by atoms with Crippen molar-refractivity contribution in [2.24, 2.45) is 0 Å². The summed E-state index contributed by atoms with van der Waals surface area (Å²) in [5.41, 5.74) is 0.701. The third kappa shape index (κ3) is 3.41. The molecular weight excluding hydrogens is 402 g/mol. The highest BCUT2D eigenvalue weighted by Gasteiger charge is 2.33. The van der Waals surface area contributed by atoms with E-state index in [0.717, 1.165) is 23.8 Å². The van der Waals surface area contributed by atoms with Crippen molar-refractivity contribution in [3.05, 3.63) is 63.5 Å². The number of carbonyl (C=O) groups is 1. The number of hydrogen-bond acceptors (Lipinski definition) is 7. The Hall–Kier alpha value is -3.33. The van der Waals surface area contributed by atoms with E-state index >= 15 is 0 Å². The van der Waals surface area contributed by atoms with E-state index in [2.05, 4.69) is 15.3 Å². The van der Waals surface area contributed by atoms with Crippen LogP contribution in [0.4, 0.5) is 0 Å². The van der Waals surface area contributed by atoms with Gasteiger partial charge >= 0.3 is 0 Å². The van der Waals surface area contributed by atoms with Gasteiger partial charge in [-0.2, -0.15) is 16.4 Å². The minimum absolute atomic E-state index is 0.0466. The van der Waals surface area contributed by atoms with Crippen LogP contribution in [-0.4, -0.2) is 37.3 Å². The molecule has 0 aliphatic carbocycles. The summed E-state index contributed by atoms with van der Waals surface area (Å²) in [6.07, 6.45) is 3.50.